The normalized spacial score (nSPS) is 24.7. The van der Waals surface area contributed by atoms with Crippen molar-refractivity contribution in [2.75, 3.05) is 7.11 Å². The maximum absolute atomic E-state index is 13.7. The number of hydrogen-bond acceptors (Lipinski definition) is 6. The maximum atomic E-state index is 13.7. The summed E-state index contributed by atoms with van der Waals surface area (Å²) in [6.45, 7) is 1.80. The highest BCUT2D eigenvalue weighted by Crippen LogP contribution is 2.51. The number of carbonyl (C=O) groups is 3. The van der Waals surface area contributed by atoms with E-state index < -0.39 is 41.2 Å². The number of carbonyl (C=O) groups excluding carboxylic acids is 2. The van der Waals surface area contributed by atoms with E-state index in [4.69, 9.17) is 9.47 Å². The lowest BCUT2D eigenvalue weighted by Gasteiger charge is -2.28. The summed E-state index contributed by atoms with van der Waals surface area (Å²) >= 11 is 0. The van der Waals surface area contributed by atoms with Gasteiger partial charge in [0.05, 0.1) is 25.5 Å². The number of nitrogens with one attached hydrogen (secondary N) is 1. The van der Waals surface area contributed by atoms with Crippen molar-refractivity contribution >= 4 is 17.8 Å². The van der Waals surface area contributed by atoms with Gasteiger partial charge in [-0.3, -0.25) is 24.6 Å². The molecular weight excluding hydrogens is 472 g/mol. The van der Waals surface area contributed by atoms with Crippen LogP contribution in [0.1, 0.15) is 29.7 Å². The van der Waals surface area contributed by atoms with Gasteiger partial charge >= 0.3 is 5.97 Å². The number of likely N-dealkylation sites (tertiary alicyclic amines) is 1. The molecule has 0 saturated carbocycles. The van der Waals surface area contributed by atoms with Gasteiger partial charge in [0.25, 0.3) is 0 Å². The molecule has 2 fully saturated rings. The minimum absolute atomic E-state index is 0.0867. The van der Waals surface area contributed by atoms with Crippen LogP contribution in [0.25, 0.3) is 0 Å². The predicted molar refractivity (Wildman–Crippen MR) is 135 cm³/mol. The highest BCUT2D eigenvalue weighted by molar-refractivity contribution is 6.09. The Bertz CT molecular complexity index is 1330. The molecule has 8 heteroatoms. The van der Waals surface area contributed by atoms with Crippen molar-refractivity contribution in [3.8, 4) is 11.5 Å². The zero-order valence-electron chi connectivity index (χ0n) is 20.6. The van der Waals surface area contributed by atoms with Gasteiger partial charge in [0.15, 0.2) is 11.5 Å². The Kier molecular flexibility index (Phi) is 6.43. The Hall–Kier alpha value is -4.17. The Labute approximate surface area is 214 Å². The lowest BCUT2D eigenvalue weighted by molar-refractivity contribution is -0.150. The number of fused-ring (bicyclic) bond motifs is 1. The number of carboxylic acid groups (broad SMARTS) is 1. The Morgan fingerprint density at radius 1 is 0.946 bits per heavy atom. The first kappa shape index (κ1) is 24.5. The molecule has 0 bridgehead atoms. The van der Waals surface area contributed by atoms with Crippen LogP contribution >= 0.6 is 0 Å². The van der Waals surface area contributed by atoms with Crippen LogP contribution in [0.3, 0.4) is 0 Å². The molecule has 4 unspecified atom stereocenters. The van der Waals surface area contributed by atoms with Crippen LogP contribution in [0.4, 0.5) is 0 Å². The van der Waals surface area contributed by atoms with Gasteiger partial charge in [-0.05, 0) is 24.1 Å². The summed E-state index contributed by atoms with van der Waals surface area (Å²) in [5, 5.41) is 13.3. The van der Waals surface area contributed by atoms with E-state index in [2.05, 4.69) is 5.32 Å². The fraction of sp³-hybridized carbons (Fsp3) is 0.276. The van der Waals surface area contributed by atoms with E-state index in [9.17, 15) is 19.5 Å². The molecule has 190 valence electrons. The van der Waals surface area contributed by atoms with Crippen LogP contribution in [0, 0.1) is 11.8 Å². The van der Waals surface area contributed by atoms with E-state index >= 15 is 0 Å². The Balaban J connectivity index is 1.54. The number of imide groups is 1. The van der Waals surface area contributed by atoms with Gasteiger partial charge in [0, 0.05) is 11.6 Å². The first-order valence-electron chi connectivity index (χ1n) is 12.1. The minimum atomic E-state index is -1.65. The largest absolute Gasteiger partial charge is 0.493 e. The van der Waals surface area contributed by atoms with E-state index in [0.29, 0.717) is 17.1 Å². The standard InChI is InChI=1S/C29H28N2O6/c1-29(28(34)35)23-22(26(32)31(27(23)33)16-18-10-5-3-6-11-18)24(30-29)20-14-9-15-21(36-2)25(20)37-17-19-12-7-4-8-13-19/h3-15,22-24,30H,16-17H2,1-2H3,(H,34,35). The second-order valence-electron chi connectivity index (χ2n) is 9.53. The molecule has 3 aromatic carbocycles. The van der Waals surface area contributed by atoms with E-state index in [0.717, 1.165) is 11.1 Å². The summed E-state index contributed by atoms with van der Waals surface area (Å²) < 4.78 is 11.8. The second kappa shape index (κ2) is 9.71. The number of amides is 2. The lowest BCUT2D eigenvalue weighted by atomic mass is 9.80. The topological polar surface area (TPSA) is 105 Å². The van der Waals surface area contributed by atoms with Gasteiger partial charge in [0.2, 0.25) is 11.8 Å². The lowest BCUT2D eigenvalue weighted by Crippen LogP contribution is -2.53. The molecule has 5 rings (SSSR count). The molecule has 8 nitrogen and oxygen atoms in total. The SMILES string of the molecule is COc1cccc(C2NC(C)(C(=O)O)C3C(=O)N(Cc4ccccc4)C(=O)C23)c1OCc1ccccc1. The zero-order valence-corrected chi connectivity index (χ0v) is 20.6. The monoisotopic (exact) mass is 500 g/mol. The van der Waals surface area contributed by atoms with Crippen LogP contribution in [-0.2, 0) is 27.5 Å². The number of aliphatic carboxylic acids is 1. The first-order chi connectivity index (χ1) is 17.8. The third-order valence-corrected chi connectivity index (χ3v) is 7.30. The van der Waals surface area contributed by atoms with Crippen molar-refractivity contribution in [1.29, 1.82) is 0 Å². The fourth-order valence-corrected chi connectivity index (χ4v) is 5.41. The Morgan fingerprint density at radius 2 is 1.59 bits per heavy atom. The highest BCUT2D eigenvalue weighted by atomic mass is 16.5. The van der Waals surface area contributed by atoms with Gasteiger partial charge in [-0.1, -0.05) is 72.8 Å². The summed E-state index contributed by atoms with van der Waals surface area (Å²) in [5.41, 5.74) is 0.651. The third-order valence-electron chi connectivity index (χ3n) is 7.30. The van der Waals surface area contributed by atoms with Crippen molar-refractivity contribution in [2.45, 2.75) is 31.7 Å². The van der Waals surface area contributed by atoms with Crippen LogP contribution in [0.15, 0.2) is 78.9 Å². The molecule has 2 heterocycles. The molecule has 4 atom stereocenters. The molecule has 2 aliphatic rings. The highest BCUT2D eigenvalue weighted by Gasteiger charge is 2.66. The van der Waals surface area contributed by atoms with Crippen molar-refractivity contribution in [3.63, 3.8) is 0 Å². The third kappa shape index (κ3) is 4.23. The molecule has 2 saturated heterocycles. The summed E-state index contributed by atoms with van der Waals surface area (Å²) in [6, 6.07) is 23.3. The molecule has 2 amide bonds. The van der Waals surface area contributed by atoms with Crippen LogP contribution in [0.2, 0.25) is 0 Å². The first-order valence-corrected chi connectivity index (χ1v) is 12.1. The average molecular weight is 501 g/mol. The summed E-state index contributed by atoms with van der Waals surface area (Å²) in [5.74, 6) is -3.22. The van der Waals surface area contributed by atoms with E-state index in [1.54, 1.807) is 18.2 Å². The van der Waals surface area contributed by atoms with E-state index in [-0.39, 0.29) is 13.2 Å². The molecule has 0 spiro atoms. The van der Waals surface area contributed by atoms with Crippen molar-refractivity contribution in [3.05, 3.63) is 95.6 Å². The van der Waals surface area contributed by atoms with Crippen LogP contribution in [0.5, 0.6) is 11.5 Å². The van der Waals surface area contributed by atoms with Gasteiger partial charge in [-0.25, -0.2) is 0 Å². The predicted octanol–water partition coefficient (Wildman–Crippen LogP) is 3.56. The summed E-state index contributed by atoms with van der Waals surface area (Å²) in [7, 11) is 1.52. The number of nitrogens with zero attached hydrogens (tertiary/aromatic N) is 1. The molecule has 0 aliphatic carbocycles. The maximum Gasteiger partial charge on any atom is 0.324 e. The van der Waals surface area contributed by atoms with E-state index in [1.807, 2.05) is 60.7 Å². The fourth-order valence-electron chi connectivity index (χ4n) is 5.41. The molecule has 37 heavy (non-hydrogen) atoms. The number of para-hydroxylation sites is 1. The molecule has 0 radical (unpaired) electrons. The Morgan fingerprint density at radius 3 is 2.22 bits per heavy atom. The molecule has 3 aromatic rings. The van der Waals surface area contributed by atoms with Crippen molar-refractivity contribution in [1.82, 2.24) is 10.2 Å². The van der Waals surface area contributed by atoms with Gasteiger partial charge in [-0.15, -0.1) is 0 Å². The number of carboxylic acids is 1. The molecule has 2 N–H and O–H groups in total. The van der Waals surface area contributed by atoms with E-state index in [1.165, 1.54) is 18.9 Å². The van der Waals surface area contributed by atoms with Gasteiger partial charge < -0.3 is 14.6 Å². The number of hydrogen-bond donors (Lipinski definition) is 2. The van der Waals surface area contributed by atoms with Crippen molar-refractivity contribution in [2.24, 2.45) is 11.8 Å². The molecule has 0 aromatic heterocycles. The quantitative estimate of drug-likeness (QED) is 0.456. The van der Waals surface area contributed by atoms with Gasteiger partial charge in [0.1, 0.15) is 12.1 Å². The number of methoxy groups -OCH3 is 1. The number of ether oxygens (including phenoxy) is 2. The number of rotatable bonds is 8. The average Bonchev–Trinajstić information content (AvgIpc) is 3.37. The second-order valence-corrected chi connectivity index (χ2v) is 9.53. The summed E-state index contributed by atoms with van der Waals surface area (Å²) in [4.78, 5) is 41.0. The van der Waals surface area contributed by atoms with Crippen LogP contribution < -0.4 is 14.8 Å². The van der Waals surface area contributed by atoms with Gasteiger partial charge in [-0.2, -0.15) is 0 Å². The zero-order chi connectivity index (χ0) is 26.2. The smallest absolute Gasteiger partial charge is 0.324 e. The van der Waals surface area contributed by atoms with Crippen molar-refractivity contribution < 1.29 is 29.0 Å². The summed E-state index contributed by atoms with van der Waals surface area (Å²) in [6.07, 6.45) is 0. The molecular formula is C29H28N2O6. The number of benzene rings is 3. The minimum Gasteiger partial charge on any atom is -0.493 e. The van der Waals surface area contributed by atoms with Crippen LogP contribution in [-0.4, -0.2) is 40.4 Å². The molecule has 2 aliphatic heterocycles.